The van der Waals surface area contributed by atoms with Crippen molar-refractivity contribution in [2.24, 2.45) is 0 Å². The van der Waals surface area contributed by atoms with Gasteiger partial charge in [0.25, 0.3) is 0 Å². The molecule has 16 heavy (non-hydrogen) atoms. The van der Waals surface area contributed by atoms with Gasteiger partial charge in [0.2, 0.25) is 9.47 Å². The van der Waals surface area contributed by atoms with Crippen LogP contribution in [0.25, 0.3) is 11.4 Å². The summed E-state index contributed by atoms with van der Waals surface area (Å²) in [7, 11) is 0. The SMILES string of the molecule is CCc1cccc(-c2nc(Br)nc(Br)n2)c1. The Hall–Kier alpha value is -0.810. The highest BCUT2D eigenvalue weighted by Gasteiger charge is 2.05. The Kier molecular flexibility index (Phi) is 3.66. The lowest BCUT2D eigenvalue weighted by atomic mass is 10.1. The summed E-state index contributed by atoms with van der Waals surface area (Å²) in [6.07, 6.45) is 1.00. The van der Waals surface area contributed by atoms with Gasteiger partial charge in [0.05, 0.1) is 0 Å². The molecule has 0 radical (unpaired) electrons. The quantitative estimate of drug-likeness (QED) is 0.836. The average molecular weight is 343 g/mol. The van der Waals surface area contributed by atoms with E-state index in [1.54, 1.807) is 0 Å². The first-order valence-electron chi connectivity index (χ1n) is 4.85. The van der Waals surface area contributed by atoms with Gasteiger partial charge in [-0.05, 0) is 49.9 Å². The minimum absolute atomic E-state index is 0.534. The first kappa shape index (κ1) is 11.7. The molecule has 0 fully saturated rings. The van der Waals surface area contributed by atoms with Crippen molar-refractivity contribution < 1.29 is 0 Å². The zero-order valence-corrected chi connectivity index (χ0v) is 11.8. The van der Waals surface area contributed by atoms with Gasteiger partial charge in [-0.2, -0.15) is 4.98 Å². The molecule has 0 spiro atoms. The van der Waals surface area contributed by atoms with Crippen molar-refractivity contribution in [1.82, 2.24) is 15.0 Å². The van der Waals surface area contributed by atoms with Crippen molar-refractivity contribution in [3.8, 4) is 11.4 Å². The second-order valence-corrected chi connectivity index (χ2v) is 4.67. The Labute approximate surface area is 111 Å². The Morgan fingerprint density at radius 2 is 1.75 bits per heavy atom. The van der Waals surface area contributed by atoms with Gasteiger partial charge in [-0.25, -0.2) is 9.97 Å². The van der Waals surface area contributed by atoms with Crippen molar-refractivity contribution in [3.63, 3.8) is 0 Å². The first-order valence-corrected chi connectivity index (χ1v) is 6.44. The van der Waals surface area contributed by atoms with Gasteiger partial charge in [0.1, 0.15) is 0 Å². The monoisotopic (exact) mass is 341 g/mol. The van der Waals surface area contributed by atoms with Crippen LogP contribution in [0.5, 0.6) is 0 Å². The molecule has 0 N–H and O–H groups in total. The number of hydrogen-bond donors (Lipinski definition) is 0. The van der Waals surface area contributed by atoms with Crippen LogP contribution in [0.4, 0.5) is 0 Å². The predicted octanol–water partition coefficient (Wildman–Crippen LogP) is 3.63. The third-order valence-corrected chi connectivity index (χ3v) is 2.88. The van der Waals surface area contributed by atoms with E-state index in [1.165, 1.54) is 5.56 Å². The summed E-state index contributed by atoms with van der Waals surface area (Å²) in [5.41, 5.74) is 2.27. The molecule has 82 valence electrons. The van der Waals surface area contributed by atoms with E-state index in [9.17, 15) is 0 Å². The van der Waals surface area contributed by atoms with E-state index >= 15 is 0 Å². The fourth-order valence-electron chi connectivity index (χ4n) is 1.39. The molecule has 0 saturated carbocycles. The third-order valence-electron chi connectivity index (χ3n) is 2.17. The van der Waals surface area contributed by atoms with Crippen molar-refractivity contribution >= 4 is 31.9 Å². The molecule has 0 aliphatic rings. The highest BCUT2D eigenvalue weighted by Crippen LogP contribution is 2.19. The Morgan fingerprint density at radius 3 is 2.38 bits per heavy atom. The molecule has 1 aromatic carbocycles. The summed E-state index contributed by atoms with van der Waals surface area (Å²) in [5, 5.41) is 0. The van der Waals surface area contributed by atoms with Gasteiger partial charge in [-0.1, -0.05) is 25.1 Å². The maximum Gasteiger partial charge on any atom is 0.201 e. The van der Waals surface area contributed by atoms with Crippen molar-refractivity contribution in [2.45, 2.75) is 13.3 Å². The zero-order valence-electron chi connectivity index (χ0n) is 8.61. The molecule has 0 atom stereocenters. The van der Waals surface area contributed by atoms with Gasteiger partial charge in [-0.3, -0.25) is 0 Å². The van der Waals surface area contributed by atoms with Gasteiger partial charge in [-0.15, -0.1) is 0 Å². The molecule has 0 bridgehead atoms. The van der Waals surface area contributed by atoms with E-state index < -0.39 is 0 Å². The molecule has 5 heteroatoms. The molecule has 0 unspecified atom stereocenters. The lowest BCUT2D eigenvalue weighted by Crippen LogP contribution is -1.94. The standard InChI is InChI=1S/C11H9Br2N3/c1-2-7-4-3-5-8(6-7)9-14-10(12)16-11(13)15-9/h3-6H,2H2,1H3. The number of aromatic nitrogens is 3. The molecule has 1 aromatic heterocycles. The maximum absolute atomic E-state index is 4.24. The van der Waals surface area contributed by atoms with E-state index in [0.29, 0.717) is 15.3 Å². The minimum atomic E-state index is 0.534. The van der Waals surface area contributed by atoms with Gasteiger partial charge < -0.3 is 0 Å². The summed E-state index contributed by atoms with van der Waals surface area (Å²) in [4.78, 5) is 12.5. The second-order valence-electron chi connectivity index (χ2n) is 3.25. The van der Waals surface area contributed by atoms with Crippen LogP contribution < -0.4 is 0 Å². The molecule has 3 nitrogen and oxygen atoms in total. The topological polar surface area (TPSA) is 38.7 Å². The highest BCUT2D eigenvalue weighted by molar-refractivity contribution is 9.11. The molecule has 0 amide bonds. The lowest BCUT2D eigenvalue weighted by Gasteiger charge is -2.03. The van der Waals surface area contributed by atoms with Crippen LogP contribution in [0.1, 0.15) is 12.5 Å². The Bertz CT molecular complexity index is 494. The molecular formula is C11H9Br2N3. The number of hydrogen-bond acceptors (Lipinski definition) is 3. The van der Waals surface area contributed by atoms with Crippen LogP contribution in [0.3, 0.4) is 0 Å². The summed E-state index contributed by atoms with van der Waals surface area (Å²) in [6.45, 7) is 2.12. The number of aryl methyl sites for hydroxylation is 1. The molecule has 0 aliphatic heterocycles. The predicted molar refractivity (Wildman–Crippen MR) is 70.0 cm³/mol. The average Bonchev–Trinajstić information content (AvgIpc) is 2.28. The van der Waals surface area contributed by atoms with E-state index in [4.69, 9.17) is 0 Å². The fraction of sp³-hybridized carbons (Fsp3) is 0.182. The van der Waals surface area contributed by atoms with Crippen molar-refractivity contribution in [2.75, 3.05) is 0 Å². The Morgan fingerprint density at radius 1 is 1.06 bits per heavy atom. The summed E-state index contributed by atoms with van der Waals surface area (Å²) in [6, 6.07) is 8.19. The smallest absolute Gasteiger partial charge is 0.201 e. The number of rotatable bonds is 2. The summed E-state index contributed by atoms with van der Waals surface area (Å²) in [5.74, 6) is 0.670. The summed E-state index contributed by atoms with van der Waals surface area (Å²) < 4.78 is 1.07. The normalized spacial score (nSPS) is 10.4. The van der Waals surface area contributed by atoms with E-state index in [0.717, 1.165) is 12.0 Å². The third kappa shape index (κ3) is 2.65. The van der Waals surface area contributed by atoms with Crippen molar-refractivity contribution in [1.29, 1.82) is 0 Å². The zero-order chi connectivity index (χ0) is 11.5. The second kappa shape index (κ2) is 5.01. The number of nitrogens with zero attached hydrogens (tertiary/aromatic N) is 3. The molecule has 2 aromatic rings. The maximum atomic E-state index is 4.24. The van der Waals surface area contributed by atoms with Crippen LogP contribution in [0.2, 0.25) is 0 Å². The molecule has 1 heterocycles. The van der Waals surface area contributed by atoms with Crippen LogP contribution in [-0.4, -0.2) is 15.0 Å². The van der Waals surface area contributed by atoms with Gasteiger partial charge in [0.15, 0.2) is 5.82 Å². The fourth-order valence-corrected chi connectivity index (χ4v) is 2.30. The highest BCUT2D eigenvalue weighted by atomic mass is 79.9. The minimum Gasteiger partial charge on any atom is -0.202 e. The van der Waals surface area contributed by atoms with E-state index in [1.807, 2.05) is 12.1 Å². The van der Waals surface area contributed by atoms with Crippen LogP contribution in [0, 0.1) is 0 Å². The number of benzene rings is 1. The van der Waals surface area contributed by atoms with Crippen LogP contribution >= 0.6 is 31.9 Å². The Balaban J connectivity index is 2.49. The largest absolute Gasteiger partial charge is 0.202 e. The summed E-state index contributed by atoms with van der Waals surface area (Å²) >= 11 is 6.51. The lowest BCUT2D eigenvalue weighted by molar-refractivity contribution is 0.982. The van der Waals surface area contributed by atoms with Gasteiger partial charge in [0, 0.05) is 5.56 Å². The van der Waals surface area contributed by atoms with E-state index in [2.05, 4.69) is 65.9 Å². The molecular weight excluding hydrogens is 334 g/mol. The van der Waals surface area contributed by atoms with Crippen molar-refractivity contribution in [3.05, 3.63) is 39.3 Å². The first-order chi connectivity index (χ1) is 7.69. The molecule has 2 rings (SSSR count). The van der Waals surface area contributed by atoms with Crippen LogP contribution in [0.15, 0.2) is 33.7 Å². The molecule has 0 aliphatic carbocycles. The van der Waals surface area contributed by atoms with Crippen LogP contribution in [-0.2, 0) is 6.42 Å². The molecule has 0 saturated heterocycles. The number of halogens is 2. The van der Waals surface area contributed by atoms with Gasteiger partial charge >= 0.3 is 0 Å². The van der Waals surface area contributed by atoms with E-state index in [-0.39, 0.29) is 0 Å².